The highest BCUT2D eigenvalue weighted by Crippen LogP contribution is 2.48. The maximum absolute atomic E-state index is 13.3. The first-order valence-corrected chi connectivity index (χ1v) is 11.6. The van der Waals surface area contributed by atoms with Gasteiger partial charge in [0.25, 0.3) is 0 Å². The summed E-state index contributed by atoms with van der Waals surface area (Å²) in [4.78, 5) is 15.0. The van der Waals surface area contributed by atoms with Crippen molar-refractivity contribution in [2.24, 2.45) is 11.3 Å². The first-order chi connectivity index (χ1) is 15.2. The molecule has 1 aromatic carbocycles. The number of anilines is 1. The summed E-state index contributed by atoms with van der Waals surface area (Å²) in [5, 5.41) is 11.0. The Bertz CT molecular complexity index is 781. The molecular weight excluding hydrogens is 423 g/mol. The molecule has 1 spiro atoms. The van der Waals surface area contributed by atoms with Crippen molar-refractivity contribution in [3.8, 4) is 5.75 Å². The highest BCUT2D eigenvalue weighted by atomic mass is 19.4. The highest BCUT2D eigenvalue weighted by Gasteiger charge is 2.51. The fourth-order valence-corrected chi connectivity index (χ4v) is 5.35. The van der Waals surface area contributed by atoms with Crippen LogP contribution in [0.3, 0.4) is 0 Å². The molecule has 1 saturated heterocycles. The van der Waals surface area contributed by atoms with Crippen LogP contribution in [0.25, 0.3) is 0 Å². The average Bonchev–Trinajstić information content (AvgIpc) is 3.38. The molecule has 3 fully saturated rings. The molecular formula is C24H32F3NO4. The van der Waals surface area contributed by atoms with Gasteiger partial charge in [-0.05, 0) is 75.1 Å². The highest BCUT2D eigenvalue weighted by molar-refractivity contribution is 6.00. The van der Waals surface area contributed by atoms with E-state index in [1.54, 1.807) is 17.0 Å². The van der Waals surface area contributed by atoms with Gasteiger partial charge in [0, 0.05) is 18.8 Å². The van der Waals surface area contributed by atoms with Crippen LogP contribution >= 0.6 is 0 Å². The topological polar surface area (TPSA) is 59.0 Å². The van der Waals surface area contributed by atoms with Crippen molar-refractivity contribution in [1.29, 1.82) is 0 Å². The Labute approximate surface area is 186 Å². The molecule has 0 atom stereocenters. The van der Waals surface area contributed by atoms with Gasteiger partial charge in [0.2, 0.25) is 5.91 Å². The third kappa shape index (κ3) is 5.39. The second-order valence-corrected chi connectivity index (χ2v) is 9.77. The Hall–Kier alpha value is -1.80. The summed E-state index contributed by atoms with van der Waals surface area (Å²) in [5.41, 5.74) is -0.676. The summed E-state index contributed by atoms with van der Waals surface area (Å²) < 4.78 is 47.5. The van der Waals surface area contributed by atoms with Crippen molar-refractivity contribution < 1.29 is 32.5 Å². The van der Waals surface area contributed by atoms with Crippen LogP contribution in [0.2, 0.25) is 0 Å². The number of rotatable bonds is 7. The largest absolute Gasteiger partial charge is 0.484 e. The molecule has 0 bridgehead atoms. The Morgan fingerprint density at radius 2 is 1.69 bits per heavy atom. The third-order valence-electron chi connectivity index (χ3n) is 7.40. The summed E-state index contributed by atoms with van der Waals surface area (Å²) in [5.74, 6) is 0.770. The predicted octanol–water partition coefficient (Wildman–Crippen LogP) is 4.86. The molecule has 3 aliphatic rings. The number of benzene rings is 1. The number of carbonyl (C=O) groups excluding carboxylic acids is 1. The molecule has 1 aliphatic heterocycles. The fraction of sp³-hybridized carbons (Fsp3) is 0.708. The zero-order valence-electron chi connectivity index (χ0n) is 18.3. The smallest absolute Gasteiger partial charge is 0.422 e. The lowest BCUT2D eigenvalue weighted by Gasteiger charge is -2.40. The lowest BCUT2D eigenvalue weighted by atomic mass is 9.68. The van der Waals surface area contributed by atoms with Gasteiger partial charge in [-0.3, -0.25) is 4.79 Å². The first-order valence-electron chi connectivity index (χ1n) is 11.6. The van der Waals surface area contributed by atoms with E-state index in [9.17, 15) is 23.1 Å². The van der Waals surface area contributed by atoms with Gasteiger partial charge in [-0.15, -0.1) is 0 Å². The quantitative estimate of drug-likeness (QED) is 0.638. The van der Waals surface area contributed by atoms with E-state index in [-0.39, 0.29) is 11.7 Å². The first kappa shape index (κ1) is 23.4. The number of halogens is 3. The number of amides is 1. The van der Waals surface area contributed by atoms with Crippen molar-refractivity contribution in [1.82, 2.24) is 0 Å². The Morgan fingerprint density at radius 3 is 2.31 bits per heavy atom. The Balaban J connectivity index is 1.29. The van der Waals surface area contributed by atoms with Crippen LogP contribution in [0, 0.1) is 11.3 Å². The van der Waals surface area contributed by atoms with Gasteiger partial charge in [0.05, 0.1) is 17.6 Å². The molecule has 0 unspecified atom stereocenters. The van der Waals surface area contributed by atoms with E-state index in [4.69, 9.17) is 9.47 Å². The summed E-state index contributed by atoms with van der Waals surface area (Å²) in [6.45, 7) is 0.267. The van der Waals surface area contributed by atoms with Crippen LogP contribution in [-0.2, 0) is 9.53 Å². The summed E-state index contributed by atoms with van der Waals surface area (Å²) in [6, 6.07) is 6.17. The van der Waals surface area contributed by atoms with Crippen molar-refractivity contribution in [3.05, 3.63) is 24.3 Å². The average molecular weight is 456 g/mol. The molecule has 1 heterocycles. The molecule has 0 radical (unpaired) electrons. The number of hydrogen-bond acceptors (Lipinski definition) is 4. The number of nitrogens with zero attached hydrogens (tertiary/aromatic N) is 1. The zero-order valence-corrected chi connectivity index (χ0v) is 18.3. The van der Waals surface area contributed by atoms with Gasteiger partial charge < -0.3 is 19.5 Å². The van der Waals surface area contributed by atoms with Gasteiger partial charge >= 0.3 is 6.18 Å². The van der Waals surface area contributed by atoms with Gasteiger partial charge in [-0.25, -0.2) is 0 Å². The Morgan fingerprint density at radius 1 is 1.03 bits per heavy atom. The number of carbonyl (C=O) groups is 1. The van der Waals surface area contributed by atoms with E-state index in [0.717, 1.165) is 6.42 Å². The van der Waals surface area contributed by atoms with Gasteiger partial charge in [0.1, 0.15) is 5.75 Å². The van der Waals surface area contributed by atoms with Crippen molar-refractivity contribution in [2.45, 2.75) is 69.6 Å². The summed E-state index contributed by atoms with van der Waals surface area (Å²) in [6.07, 6.45) is 3.62. The van der Waals surface area contributed by atoms with Gasteiger partial charge in [-0.1, -0.05) is 12.8 Å². The van der Waals surface area contributed by atoms with Crippen molar-refractivity contribution in [3.63, 3.8) is 0 Å². The molecule has 1 aromatic rings. The van der Waals surface area contributed by atoms with E-state index >= 15 is 0 Å². The Kier molecular flexibility index (Phi) is 6.73. The molecule has 32 heavy (non-hydrogen) atoms. The molecule has 5 nitrogen and oxygen atoms in total. The van der Waals surface area contributed by atoms with E-state index in [1.165, 1.54) is 37.8 Å². The monoisotopic (exact) mass is 455 g/mol. The molecule has 4 rings (SSSR count). The summed E-state index contributed by atoms with van der Waals surface area (Å²) in [7, 11) is 0. The maximum atomic E-state index is 13.3. The maximum Gasteiger partial charge on any atom is 0.422 e. The molecule has 1 amide bonds. The minimum Gasteiger partial charge on any atom is -0.484 e. The number of ether oxygens (including phenoxy) is 2. The van der Waals surface area contributed by atoms with Gasteiger partial charge in [-0.2, -0.15) is 13.2 Å². The van der Waals surface area contributed by atoms with Crippen molar-refractivity contribution >= 4 is 11.6 Å². The van der Waals surface area contributed by atoms with Crippen molar-refractivity contribution in [2.75, 3.05) is 31.3 Å². The van der Waals surface area contributed by atoms with Crippen LogP contribution in [0.15, 0.2) is 24.3 Å². The number of hydrogen-bond donors (Lipinski definition) is 1. The van der Waals surface area contributed by atoms with Crippen LogP contribution in [0.4, 0.5) is 18.9 Å². The van der Waals surface area contributed by atoms with E-state index < -0.39 is 23.8 Å². The minimum absolute atomic E-state index is 0.0374. The van der Waals surface area contributed by atoms with E-state index in [1.807, 2.05) is 0 Å². The predicted molar refractivity (Wildman–Crippen MR) is 114 cm³/mol. The second-order valence-electron chi connectivity index (χ2n) is 9.77. The normalized spacial score (nSPS) is 29.2. The van der Waals surface area contributed by atoms with Crippen LogP contribution in [0.1, 0.15) is 57.8 Å². The number of alkyl halides is 3. The molecule has 0 aromatic heterocycles. The molecule has 2 saturated carbocycles. The standard InChI is InChI=1S/C24H32F3NO4/c25-24(26,27)17-32-20-7-5-19(6-8-20)28-14-13-22(21(28)29)9-11-23(30,12-10-22)16-31-15-18-3-1-2-4-18/h5-8,18,30H,1-4,9-17H2/t22-,23+. The lowest BCUT2D eigenvalue weighted by Crippen LogP contribution is -2.45. The summed E-state index contributed by atoms with van der Waals surface area (Å²) >= 11 is 0. The molecule has 178 valence electrons. The van der Waals surface area contributed by atoms with Crippen LogP contribution < -0.4 is 9.64 Å². The lowest BCUT2D eigenvalue weighted by molar-refractivity contribution is -0.153. The second kappa shape index (κ2) is 9.21. The fourth-order valence-electron chi connectivity index (χ4n) is 5.35. The zero-order chi connectivity index (χ0) is 22.8. The molecule has 1 N–H and O–H groups in total. The minimum atomic E-state index is -4.39. The number of aliphatic hydroxyl groups is 1. The SMILES string of the molecule is O=C1N(c2ccc(OCC(F)(F)F)cc2)CC[C@]12CC[C@@](O)(COCC1CCCC1)CC2. The van der Waals surface area contributed by atoms with E-state index in [0.29, 0.717) is 57.0 Å². The van der Waals surface area contributed by atoms with Gasteiger partial charge in [0.15, 0.2) is 6.61 Å². The third-order valence-corrected chi connectivity index (χ3v) is 7.40. The van der Waals surface area contributed by atoms with Crippen LogP contribution in [0.5, 0.6) is 5.75 Å². The molecule has 2 aliphatic carbocycles. The molecule has 8 heteroatoms. The van der Waals surface area contributed by atoms with E-state index in [2.05, 4.69) is 0 Å². The van der Waals surface area contributed by atoms with Crippen LogP contribution in [-0.4, -0.2) is 49.2 Å².